The summed E-state index contributed by atoms with van der Waals surface area (Å²) in [5, 5.41) is -0.160. The first-order valence-electron chi connectivity index (χ1n) is 4.85. The monoisotopic (exact) mass is 321 g/mol. The number of nitrogens with one attached hydrogen (secondary N) is 1. The molecule has 0 spiro atoms. The Morgan fingerprint density at radius 2 is 1.95 bits per heavy atom. The first-order valence-corrected chi connectivity index (χ1v) is 7.09. The van der Waals surface area contributed by atoms with E-state index < -0.39 is 15.8 Å². The van der Waals surface area contributed by atoms with Crippen LogP contribution in [0.4, 0.5) is 10.3 Å². The first-order chi connectivity index (χ1) is 8.88. The van der Waals surface area contributed by atoms with Gasteiger partial charge in [0.2, 0.25) is 5.95 Å². The summed E-state index contributed by atoms with van der Waals surface area (Å²) in [5.41, 5.74) is 0. The molecule has 0 radical (unpaired) electrons. The van der Waals surface area contributed by atoms with E-state index >= 15 is 0 Å². The zero-order valence-electron chi connectivity index (χ0n) is 9.14. The maximum Gasteiger partial charge on any atom is 0.265 e. The molecular weight excluding hydrogens is 316 g/mol. The Morgan fingerprint density at radius 3 is 2.58 bits per heavy atom. The molecule has 1 heterocycles. The van der Waals surface area contributed by atoms with E-state index in [1.54, 1.807) is 0 Å². The predicted molar refractivity (Wildman–Crippen MR) is 69.3 cm³/mol. The molecule has 100 valence electrons. The lowest BCUT2D eigenvalue weighted by atomic mass is 10.3. The van der Waals surface area contributed by atoms with Crippen molar-refractivity contribution in [3.63, 3.8) is 0 Å². The Kier molecular flexibility index (Phi) is 3.88. The third-order valence-electron chi connectivity index (χ3n) is 2.03. The second-order valence-corrected chi connectivity index (χ2v) is 5.83. The number of sulfonamides is 1. The highest BCUT2D eigenvalue weighted by Gasteiger charge is 2.19. The Morgan fingerprint density at radius 1 is 1.21 bits per heavy atom. The van der Waals surface area contributed by atoms with Gasteiger partial charge in [-0.2, -0.15) is 0 Å². The van der Waals surface area contributed by atoms with E-state index in [1.165, 1.54) is 12.3 Å². The van der Waals surface area contributed by atoms with Gasteiger partial charge < -0.3 is 0 Å². The van der Waals surface area contributed by atoms with Gasteiger partial charge in [-0.25, -0.2) is 27.5 Å². The molecule has 0 aliphatic heterocycles. The van der Waals surface area contributed by atoms with Crippen LogP contribution in [0.5, 0.6) is 0 Å². The molecule has 0 unspecified atom stereocenters. The fourth-order valence-electron chi connectivity index (χ4n) is 1.25. The minimum absolute atomic E-state index is 0.0814. The summed E-state index contributed by atoms with van der Waals surface area (Å²) in [5.74, 6) is -0.837. The third kappa shape index (κ3) is 3.31. The van der Waals surface area contributed by atoms with Crippen molar-refractivity contribution in [2.24, 2.45) is 0 Å². The minimum atomic E-state index is -4.01. The zero-order chi connectivity index (χ0) is 14.0. The SMILES string of the molecule is O=S(=O)(Nc1nccc(Cl)n1)c1ccc(F)cc1Cl. The summed E-state index contributed by atoms with van der Waals surface area (Å²) >= 11 is 11.3. The van der Waals surface area contributed by atoms with Crippen molar-refractivity contribution in [3.8, 4) is 0 Å². The van der Waals surface area contributed by atoms with Gasteiger partial charge in [0.1, 0.15) is 15.9 Å². The first kappa shape index (κ1) is 14.0. The lowest BCUT2D eigenvalue weighted by molar-refractivity contribution is 0.599. The molecule has 1 aromatic heterocycles. The molecule has 0 amide bonds. The molecule has 0 bridgehead atoms. The van der Waals surface area contributed by atoms with E-state index in [0.29, 0.717) is 0 Å². The highest BCUT2D eigenvalue weighted by atomic mass is 35.5. The molecule has 1 aromatic carbocycles. The van der Waals surface area contributed by atoms with E-state index in [9.17, 15) is 12.8 Å². The number of aromatic nitrogens is 2. The molecule has 0 aliphatic rings. The van der Waals surface area contributed by atoms with Crippen molar-refractivity contribution in [3.05, 3.63) is 46.5 Å². The summed E-state index contributed by atoms with van der Waals surface area (Å²) in [4.78, 5) is 7.09. The van der Waals surface area contributed by atoms with E-state index in [-0.39, 0.29) is 21.0 Å². The normalized spacial score (nSPS) is 11.3. The largest absolute Gasteiger partial charge is 0.265 e. The van der Waals surface area contributed by atoms with E-state index in [0.717, 1.165) is 18.2 Å². The van der Waals surface area contributed by atoms with Crippen LogP contribution in [0.1, 0.15) is 0 Å². The van der Waals surface area contributed by atoms with Crippen LogP contribution < -0.4 is 4.72 Å². The van der Waals surface area contributed by atoms with Crippen LogP contribution in [0.2, 0.25) is 10.2 Å². The quantitative estimate of drug-likeness (QED) is 0.882. The zero-order valence-corrected chi connectivity index (χ0v) is 11.5. The molecular formula is C10H6Cl2FN3O2S. The number of hydrogen-bond donors (Lipinski definition) is 1. The molecule has 0 atom stereocenters. The van der Waals surface area contributed by atoms with E-state index in [2.05, 4.69) is 14.7 Å². The third-order valence-corrected chi connectivity index (χ3v) is 4.05. The number of benzene rings is 1. The number of hydrogen-bond acceptors (Lipinski definition) is 4. The van der Waals surface area contributed by atoms with Crippen LogP contribution >= 0.6 is 23.2 Å². The molecule has 2 aromatic rings. The van der Waals surface area contributed by atoms with Gasteiger partial charge in [-0.3, -0.25) is 0 Å². The van der Waals surface area contributed by atoms with Crippen LogP contribution in [0.15, 0.2) is 35.4 Å². The van der Waals surface area contributed by atoms with Gasteiger partial charge in [0.25, 0.3) is 10.0 Å². The summed E-state index contributed by atoms with van der Waals surface area (Å²) in [7, 11) is -4.01. The molecule has 0 saturated carbocycles. The van der Waals surface area contributed by atoms with Gasteiger partial charge in [0, 0.05) is 6.20 Å². The number of halogens is 3. The molecule has 0 aliphatic carbocycles. The van der Waals surface area contributed by atoms with Crippen molar-refractivity contribution >= 4 is 39.2 Å². The second-order valence-electron chi connectivity index (χ2n) is 3.38. The van der Waals surface area contributed by atoms with Crippen LogP contribution in [-0.4, -0.2) is 18.4 Å². The Hall–Kier alpha value is -1.44. The number of nitrogens with zero attached hydrogens (tertiary/aromatic N) is 2. The van der Waals surface area contributed by atoms with Crippen LogP contribution in [0, 0.1) is 5.82 Å². The lowest BCUT2D eigenvalue weighted by Gasteiger charge is -2.08. The number of anilines is 1. The molecule has 19 heavy (non-hydrogen) atoms. The van der Waals surface area contributed by atoms with E-state index in [1.807, 2.05) is 0 Å². The van der Waals surface area contributed by atoms with Crippen LogP contribution in [0.3, 0.4) is 0 Å². The molecule has 1 N–H and O–H groups in total. The Labute approximate surface area is 118 Å². The summed E-state index contributed by atoms with van der Waals surface area (Å²) in [6.45, 7) is 0. The average Bonchev–Trinajstić information content (AvgIpc) is 2.27. The summed E-state index contributed by atoms with van der Waals surface area (Å²) < 4.78 is 39.0. The molecule has 9 heteroatoms. The van der Waals surface area contributed by atoms with Gasteiger partial charge in [0.15, 0.2) is 0 Å². The fourth-order valence-corrected chi connectivity index (χ4v) is 2.87. The van der Waals surface area contributed by atoms with Crippen LogP contribution in [0.25, 0.3) is 0 Å². The van der Waals surface area contributed by atoms with Gasteiger partial charge >= 0.3 is 0 Å². The molecule has 0 fully saturated rings. The maximum atomic E-state index is 12.9. The Bertz CT molecular complexity index is 724. The maximum absolute atomic E-state index is 12.9. The van der Waals surface area contributed by atoms with Gasteiger partial charge in [0.05, 0.1) is 5.02 Å². The molecule has 5 nitrogen and oxygen atoms in total. The smallest absolute Gasteiger partial charge is 0.247 e. The molecule has 2 rings (SSSR count). The second kappa shape index (κ2) is 5.28. The minimum Gasteiger partial charge on any atom is -0.247 e. The van der Waals surface area contributed by atoms with Gasteiger partial charge in [-0.15, -0.1) is 0 Å². The lowest BCUT2D eigenvalue weighted by Crippen LogP contribution is -2.15. The summed E-state index contributed by atoms with van der Waals surface area (Å²) in [6, 6.07) is 4.32. The fraction of sp³-hybridized carbons (Fsp3) is 0. The highest BCUT2D eigenvalue weighted by Crippen LogP contribution is 2.23. The van der Waals surface area contributed by atoms with Crippen LogP contribution in [-0.2, 0) is 10.0 Å². The molecule has 0 saturated heterocycles. The van der Waals surface area contributed by atoms with Crippen molar-refractivity contribution in [1.29, 1.82) is 0 Å². The van der Waals surface area contributed by atoms with Gasteiger partial charge in [-0.05, 0) is 24.3 Å². The van der Waals surface area contributed by atoms with Crippen molar-refractivity contribution in [1.82, 2.24) is 9.97 Å². The average molecular weight is 322 g/mol. The number of rotatable bonds is 3. The van der Waals surface area contributed by atoms with E-state index in [4.69, 9.17) is 23.2 Å². The topological polar surface area (TPSA) is 72.0 Å². The highest BCUT2D eigenvalue weighted by molar-refractivity contribution is 7.92. The Balaban J connectivity index is 2.38. The van der Waals surface area contributed by atoms with Crippen molar-refractivity contribution in [2.75, 3.05) is 4.72 Å². The van der Waals surface area contributed by atoms with Gasteiger partial charge in [-0.1, -0.05) is 23.2 Å². The van der Waals surface area contributed by atoms with Crippen molar-refractivity contribution < 1.29 is 12.8 Å². The standard InChI is InChI=1S/C10H6Cl2FN3O2S/c11-7-5-6(13)1-2-8(7)19(17,18)16-10-14-4-3-9(12)15-10/h1-5H,(H,14,15,16). The summed E-state index contributed by atoms with van der Waals surface area (Å²) in [6.07, 6.45) is 1.29. The predicted octanol–water partition coefficient (Wildman–Crippen LogP) is 2.72. The van der Waals surface area contributed by atoms with Crippen molar-refractivity contribution in [2.45, 2.75) is 4.90 Å².